The summed E-state index contributed by atoms with van der Waals surface area (Å²) >= 11 is 0. The number of aromatic nitrogens is 5. The number of aliphatic hydroxyl groups excluding tert-OH is 1. The number of imidazole rings is 1. The maximum Gasteiger partial charge on any atom is 0.227 e. The largest absolute Gasteiger partial charge is 0.394 e. The molecule has 0 aliphatic rings. The van der Waals surface area contributed by atoms with Gasteiger partial charge in [0, 0.05) is 26.0 Å². The molecule has 8 nitrogen and oxygen atoms in total. The lowest BCUT2D eigenvalue weighted by Crippen LogP contribution is -2.24. The van der Waals surface area contributed by atoms with Crippen LogP contribution >= 0.6 is 0 Å². The Kier molecular flexibility index (Phi) is 4.85. The van der Waals surface area contributed by atoms with Gasteiger partial charge in [-0.15, -0.1) is 0 Å². The lowest BCUT2D eigenvalue weighted by Gasteiger charge is -2.15. The van der Waals surface area contributed by atoms with Gasteiger partial charge in [0.1, 0.15) is 0 Å². The standard InChI is InChI=1S/C16H21N7O/c1-3-12(9-24)20-16-21-14(13-15(22-16)23(2)10-19-13)18-8-11-5-4-6-17-7-11/h4-7,10,12,24H,3,8-9H2,1-2H3,(H2,18,20,21,22)/t12-/m1/s1. The van der Waals surface area contributed by atoms with Crippen molar-refractivity contribution in [2.75, 3.05) is 17.2 Å². The Bertz CT molecular complexity index is 799. The molecule has 3 N–H and O–H groups in total. The lowest BCUT2D eigenvalue weighted by molar-refractivity contribution is 0.271. The lowest BCUT2D eigenvalue weighted by atomic mass is 10.2. The molecular weight excluding hydrogens is 306 g/mol. The molecule has 0 saturated heterocycles. The molecule has 0 saturated carbocycles. The van der Waals surface area contributed by atoms with E-state index in [-0.39, 0.29) is 12.6 Å². The summed E-state index contributed by atoms with van der Waals surface area (Å²) in [6, 6.07) is 3.81. The van der Waals surface area contributed by atoms with Crippen molar-refractivity contribution in [3.63, 3.8) is 0 Å². The van der Waals surface area contributed by atoms with Crippen LogP contribution in [0.5, 0.6) is 0 Å². The predicted octanol–water partition coefficient (Wildman–Crippen LogP) is 1.55. The molecule has 3 aromatic rings. The zero-order valence-electron chi connectivity index (χ0n) is 13.8. The van der Waals surface area contributed by atoms with Crippen molar-refractivity contribution < 1.29 is 5.11 Å². The molecule has 1 atom stereocenters. The van der Waals surface area contributed by atoms with Gasteiger partial charge in [0.25, 0.3) is 0 Å². The Labute approximate surface area is 140 Å². The summed E-state index contributed by atoms with van der Waals surface area (Å²) in [5.74, 6) is 1.13. The maximum absolute atomic E-state index is 9.38. The third kappa shape index (κ3) is 3.43. The Hall–Kier alpha value is -2.74. The number of fused-ring (bicyclic) bond motifs is 1. The Balaban J connectivity index is 1.90. The van der Waals surface area contributed by atoms with Crippen LogP contribution in [-0.2, 0) is 13.6 Å². The summed E-state index contributed by atoms with van der Waals surface area (Å²) in [7, 11) is 1.89. The van der Waals surface area contributed by atoms with Crippen molar-refractivity contribution in [2.45, 2.75) is 25.9 Å². The minimum atomic E-state index is -0.0816. The second-order valence-corrected chi connectivity index (χ2v) is 5.57. The molecule has 3 aromatic heterocycles. The average Bonchev–Trinajstić information content (AvgIpc) is 3.00. The first-order valence-electron chi connectivity index (χ1n) is 7.90. The number of pyridine rings is 1. The fourth-order valence-corrected chi connectivity index (χ4v) is 2.34. The van der Waals surface area contributed by atoms with Gasteiger partial charge in [-0.2, -0.15) is 9.97 Å². The van der Waals surface area contributed by atoms with E-state index in [2.05, 4.69) is 30.6 Å². The number of anilines is 2. The molecule has 126 valence electrons. The summed E-state index contributed by atoms with van der Waals surface area (Å²) in [5.41, 5.74) is 2.49. The van der Waals surface area contributed by atoms with E-state index in [0.29, 0.717) is 23.8 Å². The second kappa shape index (κ2) is 7.22. The van der Waals surface area contributed by atoms with Crippen LogP contribution in [0.15, 0.2) is 30.9 Å². The smallest absolute Gasteiger partial charge is 0.227 e. The van der Waals surface area contributed by atoms with E-state index in [4.69, 9.17) is 0 Å². The van der Waals surface area contributed by atoms with Crippen LogP contribution in [0.3, 0.4) is 0 Å². The average molecular weight is 327 g/mol. The van der Waals surface area contributed by atoms with Gasteiger partial charge in [0.05, 0.1) is 19.0 Å². The van der Waals surface area contributed by atoms with E-state index in [1.54, 1.807) is 12.5 Å². The second-order valence-electron chi connectivity index (χ2n) is 5.57. The third-order valence-corrected chi connectivity index (χ3v) is 3.79. The van der Waals surface area contributed by atoms with Crippen LogP contribution in [0.2, 0.25) is 0 Å². The normalized spacial score (nSPS) is 12.3. The van der Waals surface area contributed by atoms with Crippen LogP contribution in [0.1, 0.15) is 18.9 Å². The fraction of sp³-hybridized carbons (Fsp3) is 0.375. The molecule has 0 aliphatic heterocycles. The van der Waals surface area contributed by atoms with E-state index in [1.165, 1.54) is 0 Å². The first-order valence-corrected chi connectivity index (χ1v) is 7.90. The maximum atomic E-state index is 9.38. The number of rotatable bonds is 7. The van der Waals surface area contributed by atoms with Gasteiger partial charge in [-0.05, 0) is 18.1 Å². The quantitative estimate of drug-likeness (QED) is 0.605. The van der Waals surface area contributed by atoms with E-state index >= 15 is 0 Å². The summed E-state index contributed by atoms with van der Waals surface area (Å²) in [6.45, 7) is 2.62. The van der Waals surface area contributed by atoms with E-state index in [0.717, 1.165) is 17.6 Å². The topological polar surface area (TPSA) is 101 Å². The Morgan fingerprint density at radius 2 is 2.21 bits per heavy atom. The Morgan fingerprint density at radius 1 is 1.33 bits per heavy atom. The molecule has 0 aliphatic carbocycles. The van der Waals surface area contributed by atoms with E-state index in [9.17, 15) is 5.11 Å². The third-order valence-electron chi connectivity index (χ3n) is 3.79. The minimum Gasteiger partial charge on any atom is -0.394 e. The molecular formula is C16H21N7O. The van der Waals surface area contributed by atoms with Gasteiger partial charge < -0.3 is 20.3 Å². The number of nitrogens with one attached hydrogen (secondary N) is 2. The molecule has 24 heavy (non-hydrogen) atoms. The number of hydrogen-bond donors (Lipinski definition) is 3. The van der Waals surface area contributed by atoms with Crippen LogP contribution < -0.4 is 10.6 Å². The first-order chi connectivity index (χ1) is 11.7. The summed E-state index contributed by atoms with van der Waals surface area (Å²) < 4.78 is 1.84. The molecule has 0 aromatic carbocycles. The highest BCUT2D eigenvalue weighted by molar-refractivity contribution is 5.84. The molecule has 0 fully saturated rings. The highest BCUT2D eigenvalue weighted by Gasteiger charge is 2.14. The van der Waals surface area contributed by atoms with Crippen molar-refractivity contribution in [1.29, 1.82) is 0 Å². The van der Waals surface area contributed by atoms with Gasteiger partial charge in [0.2, 0.25) is 5.95 Å². The minimum absolute atomic E-state index is 0.0295. The van der Waals surface area contributed by atoms with E-state index < -0.39 is 0 Å². The predicted molar refractivity (Wildman–Crippen MR) is 92.7 cm³/mol. The number of nitrogens with zero attached hydrogens (tertiary/aromatic N) is 5. The van der Waals surface area contributed by atoms with Gasteiger partial charge in [-0.25, -0.2) is 4.98 Å². The SMILES string of the molecule is CC[C@H](CO)Nc1nc(NCc2cccnc2)c2ncn(C)c2n1. The molecule has 0 unspecified atom stereocenters. The zero-order chi connectivity index (χ0) is 16.9. The zero-order valence-corrected chi connectivity index (χ0v) is 13.8. The summed E-state index contributed by atoms with van der Waals surface area (Å²) in [5, 5.41) is 15.8. The molecule has 0 spiro atoms. The fourth-order valence-electron chi connectivity index (χ4n) is 2.34. The van der Waals surface area contributed by atoms with Gasteiger partial charge in [0.15, 0.2) is 17.0 Å². The highest BCUT2D eigenvalue weighted by Crippen LogP contribution is 2.21. The molecule has 8 heteroatoms. The van der Waals surface area contributed by atoms with Gasteiger partial charge in [-0.3, -0.25) is 4.98 Å². The molecule has 3 rings (SSSR count). The molecule has 3 heterocycles. The van der Waals surface area contributed by atoms with Crippen LogP contribution in [-0.4, -0.2) is 42.3 Å². The summed E-state index contributed by atoms with van der Waals surface area (Å²) in [6.07, 6.45) is 6.04. The number of hydrogen-bond acceptors (Lipinski definition) is 7. The Morgan fingerprint density at radius 3 is 2.92 bits per heavy atom. The van der Waals surface area contributed by atoms with Crippen LogP contribution in [0.4, 0.5) is 11.8 Å². The van der Waals surface area contributed by atoms with E-state index in [1.807, 2.05) is 36.9 Å². The van der Waals surface area contributed by atoms with Crippen molar-refractivity contribution in [1.82, 2.24) is 24.5 Å². The monoisotopic (exact) mass is 327 g/mol. The molecule has 0 radical (unpaired) electrons. The van der Waals surface area contributed by atoms with Crippen molar-refractivity contribution in [3.8, 4) is 0 Å². The van der Waals surface area contributed by atoms with Gasteiger partial charge in [-0.1, -0.05) is 13.0 Å². The van der Waals surface area contributed by atoms with Crippen LogP contribution in [0, 0.1) is 0 Å². The van der Waals surface area contributed by atoms with Crippen molar-refractivity contribution in [3.05, 3.63) is 36.4 Å². The van der Waals surface area contributed by atoms with Crippen molar-refractivity contribution in [2.24, 2.45) is 7.05 Å². The van der Waals surface area contributed by atoms with Crippen LogP contribution in [0.25, 0.3) is 11.2 Å². The highest BCUT2D eigenvalue weighted by atomic mass is 16.3. The number of aliphatic hydroxyl groups is 1. The molecule has 0 amide bonds. The van der Waals surface area contributed by atoms with Crippen molar-refractivity contribution >= 4 is 22.9 Å². The molecule has 0 bridgehead atoms. The number of aryl methyl sites for hydroxylation is 1. The summed E-state index contributed by atoms with van der Waals surface area (Å²) in [4.78, 5) is 17.5. The first kappa shape index (κ1) is 16.1. The van der Waals surface area contributed by atoms with Gasteiger partial charge >= 0.3 is 0 Å².